The molecule has 156 valence electrons. The largest absolute Gasteiger partial charge is 0.486 e. The van der Waals surface area contributed by atoms with Crippen LogP contribution in [-0.4, -0.2) is 51.3 Å². The fourth-order valence-electron chi connectivity index (χ4n) is 2.66. The third kappa shape index (κ3) is 6.97. The second-order valence-electron chi connectivity index (χ2n) is 6.14. The molecule has 0 aromatic heterocycles. The Kier molecular flexibility index (Phi) is 9.33. The number of carbonyl (C=O) groups is 1. The molecule has 9 heteroatoms. The topological polar surface area (TPSA) is 84.0 Å². The summed E-state index contributed by atoms with van der Waals surface area (Å²) in [6.07, 6.45) is -0.113. The number of rotatable bonds is 6. The number of nitrogens with one attached hydrogen (secondary N) is 3. The van der Waals surface area contributed by atoms with Crippen molar-refractivity contribution in [2.24, 2.45) is 4.99 Å². The molecule has 3 N–H and O–H groups in total. The van der Waals surface area contributed by atoms with Gasteiger partial charge >= 0.3 is 0 Å². The lowest BCUT2D eigenvalue weighted by Gasteiger charge is -2.27. The zero-order valence-electron chi connectivity index (χ0n) is 16.0. The third-order valence-electron chi connectivity index (χ3n) is 4.10. The fraction of sp³-hybridized carbons (Fsp3) is 0.300. The van der Waals surface area contributed by atoms with E-state index in [4.69, 9.17) is 21.1 Å². The Morgan fingerprint density at radius 1 is 1.07 bits per heavy atom. The van der Waals surface area contributed by atoms with Gasteiger partial charge in [-0.1, -0.05) is 23.7 Å². The molecule has 7 nitrogen and oxygen atoms in total. The first-order valence-electron chi connectivity index (χ1n) is 9.02. The highest BCUT2D eigenvalue weighted by Crippen LogP contribution is 2.30. The predicted octanol–water partition coefficient (Wildman–Crippen LogP) is 2.69. The molecule has 0 radical (unpaired) electrons. The lowest BCUT2D eigenvalue weighted by Crippen LogP contribution is -2.46. The predicted molar refractivity (Wildman–Crippen MR) is 125 cm³/mol. The molecule has 1 unspecified atom stereocenters. The Labute approximate surface area is 192 Å². The van der Waals surface area contributed by atoms with Gasteiger partial charge in [-0.25, -0.2) is 0 Å². The highest BCUT2D eigenvalue weighted by molar-refractivity contribution is 14.0. The molecular weight excluding hydrogens is 507 g/mol. The average molecular weight is 531 g/mol. The lowest BCUT2D eigenvalue weighted by atomic mass is 10.2. The summed E-state index contributed by atoms with van der Waals surface area (Å²) >= 11 is 5.83. The number of benzene rings is 2. The molecule has 1 aliphatic heterocycles. The fourth-order valence-corrected chi connectivity index (χ4v) is 2.78. The van der Waals surface area contributed by atoms with E-state index < -0.39 is 0 Å². The smallest absolute Gasteiger partial charge is 0.251 e. The molecule has 1 atom stereocenters. The second-order valence-corrected chi connectivity index (χ2v) is 6.58. The summed E-state index contributed by atoms with van der Waals surface area (Å²) in [4.78, 5) is 16.2. The Balaban J connectivity index is 0.00000300. The van der Waals surface area contributed by atoms with Crippen molar-refractivity contribution in [2.75, 3.05) is 33.3 Å². The van der Waals surface area contributed by atoms with Crippen molar-refractivity contribution in [3.8, 4) is 11.5 Å². The average Bonchev–Trinajstić information content (AvgIpc) is 2.73. The number of ether oxygens (including phenoxy) is 2. The van der Waals surface area contributed by atoms with E-state index in [0.29, 0.717) is 42.8 Å². The van der Waals surface area contributed by atoms with E-state index in [1.807, 2.05) is 24.3 Å². The maximum atomic E-state index is 12.0. The molecular formula is C20H24ClIN4O3. The summed E-state index contributed by atoms with van der Waals surface area (Å²) in [5, 5.41) is 9.80. The number of nitrogens with zero attached hydrogens (tertiary/aromatic N) is 1. The molecule has 2 aromatic rings. The first-order valence-corrected chi connectivity index (χ1v) is 9.40. The monoisotopic (exact) mass is 530 g/mol. The number of aliphatic imine (C=N–C) groups is 1. The highest BCUT2D eigenvalue weighted by atomic mass is 127. The van der Waals surface area contributed by atoms with Crippen LogP contribution in [0, 0.1) is 0 Å². The van der Waals surface area contributed by atoms with Crippen LogP contribution in [0.1, 0.15) is 10.4 Å². The van der Waals surface area contributed by atoms with Gasteiger partial charge in [-0.05, 0) is 36.4 Å². The molecule has 1 amide bonds. The molecule has 0 saturated heterocycles. The van der Waals surface area contributed by atoms with Gasteiger partial charge in [0.25, 0.3) is 5.91 Å². The third-order valence-corrected chi connectivity index (χ3v) is 4.35. The molecule has 0 saturated carbocycles. The first kappa shape index (κ1) is 23.1. The van der Waals surface area contributed by atoms with Gasteiger partial charge < -0.3 is 25.4 Å². The van der Waals surface area contributed by atoms with E-state index in [0.717, 1.165) is 11.5 Å². The van der Waals surface area contributed by atoms with Crippen molar-refractivity contribution in [2.45, 2.75) is 6.10 Å². The summed E-state index contributed by atoms with van der Waals surface area (Å²) in [5.41, 5.74) is 0.571. The van der Waals surface area contributed by atoms with Crippen LogP contribution in [0.3, 0.4) is 0 Å². The van der Waals surface area contributed by atoms with E-state index in [2.05, 4.69) is 20.9 Å². The molecule has 3 rings (SSSR count). The number of fused-ring (bicyclic) bond motifs is 1. The van der Waals surface area contributed by atoms with E-state index >= 15 is 0 Å². The van der Waals surface area contributed by atoms with Crippen LogP contribution in [-0.2, 0) is 0 Å². The quantitative estimate of drug-likeness (QED) is 0.232. The van der Waals surface area contributed by atoms with E-state index in [1.54, 1.807) is 31.3 Å². The van der Waals surface area contributed by atoms with E-state index in [1.165, 1.54) is 0 Å². The van der Waals surface area contributed by atoms with Gasteiger partial charge in [0.2, 0.25) is 0 Å². The van der Waals surface area contributed by atoms with Crippen LogP contribution in [0.25, 0.3) is 0 Å². The molecule has 1 heterocycles. The maximum absolute atomic E-state index is 12.0. The van der Waals surface area contributed by atoms with Gasteiger partial charge in [0.1, 0.15) is 12.7 Å². The Bertz CT molecular complexity index is 833. The minimum atomic E-state index is -0.146. The van der Waals surface area contributed by atoms with Crippen molar-refractivity contribution in [1.29, 1.82) is 0 Å². The van der Waals surface area contributed by atoms with Crippen LogP contribution in [0.4, 0.5) is 0 Å². The van der Waals surface area contributed by atoms with Crippen LogP contribution in [0.2, 0.25) is 5.02 Å². The summed E-state index contributed by atoms with van der Waals surface area (Å²) in [6, 6.07) is 14.4. The molecule has 0 aliphatic carbocycles. The maximum Gasteiger partial charge on any atom is 0.251 e. The number of hydrogen-bond donors (Lipinski definition) is 3. The van der Waals surface area contributed by atoms with Crippen LogP contribution in [0.15, 0.2) is 53.5 Å². The van der Waals surface area contributed by atoms with Crippen molar-refractivity contribution in [3.63, 3.8) is 0 Å². The van der Waals surface area contributed by atoms with Gasteiger partial charge in [-0.2, -0.15) is 0 Å². The molecule has 0 bridgehead atoms. The van der Waals surface area contributed by atoms with E-state index in [9.17, 15) is 4.79 Å². The number of amides is 1. The Morgan fingerprint density at radius 3 is 2.48 bits per heavy atom. The zero-order valence-corrected chi connectivity index (χ0v) is 19.1. The van der Waals surface area contributed by atoms with Gasteiger partial charge in [-0.3, -0.25) is 9.79 Å². The number of para-hydroxylation sites is 2. The number of halogens is 2. The second kappa shape index (κ2) is 11.7. The van der Waals surface area contributed by atoms with Gasteiger partial charge in [0.05, 0.1) is 6.54 Å². The number of guanidine groups is 1. The summed E-state index contributed by atoms with van der Waals surface area (Å²) in [5.74, 6) is 1.99. The van der Waals surface area contributed by atoms with Gasteiger partial charge in [-0.15, -0.1) is 24.0 Å². The van der Waals surface area contributed by atoms with Crippen molar-refractivity contribution < 1.29 is 14.3 Å². The normalized spacial score (nSPS) is 15.1. The van der Waals surface area contributed by atoms with E-state index in [-0.39, 0.29) is 36.0 Å². The molecule has 1 aliphatic rings. The molecule has 29 heavy (non-hydrogen) atoms. The minimum absolute atomic E-state index is 0. The molecule has 2 aromatic carbocycles. The number of carbonyl (C=O) groups excluding carboxylic acids is 1. The summed E-state index contributed by atoms with van der Waals surface area (Å²) < 4.78 is 11.6. The van der Waals surface area contributed by atoms with Crippen molar-refractivity contribution >= 4 is 47.4 Å². The van der Waals surface area contributed by atoms with Crippen molar-refractivity contribution in [3.05, 3.63) is 59.1 Å². The Hall–Kier alpha value is -2.20. The van der Waals surface area contributed by atoms with Gasteiger partial charge in [0.15, 0.2) is 17.5 Å². The van der Waals surface area contributed by atoms with Crippen LogP contribution < -0.4 is 25.4 Å². The SMILES string of the molecule is CN=C(NCCNC(=O)c1ccc(Cl)cc1)NCC1COc2ccccc2O1.I. The minimum Gasteiger partial charge on any atom is -0.486 e. The van der Waals surface area contributed by atoms with Crippen LogP contribution in [0.5, 0.6) is 11.5 Å². The van der Waals surface area contributed by atoms with Crippen LogP contribution >= 0.6 is 35.6 Å². The highest BCUT2D eigenvalue weighted by Gasteiger charge is 2.20. The zero-order chi connectivity index (χ0) is 19.8. The Morgan fingerprint density at radius 2 is 1.76 bits per heavy atom. The molecule has 0 spiro atoms. The summed E-state index contributed by atoms with van der Waals surface area (Å²) in [6.45, 7) is 2.01. The standard InChI is InChI=1S/C20H23ClN4O3.HI/c1-22-20(24-11-10-23-19(26)14-6-8-15(21)9-7-14)25-12-16-13-27-17-4-2-3-5-18(17)28-16;/h2-9,16H,10-13H2,1H3,(H,23,26)(H2,22,24,25);1H. The lowest BCUT2D eigenvalue weighted by molar-refractivity contribution is 0.0936. The van der Waals surface area contributed by atoms with Crippen molar-refractivity contribution in [1.82, 2.24) is 16.0 Å². The molecule has 0 fully saturated rings. The first-order chi connectivity index (χ1) is 13.7. The number of hydrogen-bond acceptors (Lipinski definition) is 4. The summed E-state index contributed by atoms with van der Waals surface area (Å²) in [7, 11) is 1.69. The van der Waals surface area contributed by atoms with Gasteiger partial charge in [0, 0.05) is 30.7 Å².